The Balaban J connectivity index is 1.94. The summed E-state index contributed by atoms with van der Waals surface area (Å²) in [6.07, 6.45) is 2.04. The third-order valence-corrected chi connectivity index (χ3v) is 5.91. The second kappa shape index (κ2) is 9.91. The van der Waals surface area contributed by atoms with Crippen molar-refractivity contribution in [2.45, 2.75) is 25.8 Å². The molecule has 1 aliphatic rings. The minimum absolute atomic E-state index is 0.140. The van der Waals surface area contributed by atoms with E-state index in [1.807, 2.05) is 48.6 Å². The average molecular weight is 429 g/mol. The van der Waals surface area contributed by atoms with Crippen LogP contribution in [0.5, 0.6) is 5.75 Å². The van der Waals surface area contributed by atoms with Crippen LogP contribution < -0.4 is 4.74 Å². The molecule has 1 aromatic carbocycles. The molecular formula is C23H28N2O4S. The van der Waals surface area contributed by atoms with Crippen molar-refractivity contribution in [3.8, 4) is 5.75 Å². The van der Waals surface area contributed by atoms with Gasteiger partial charge in [0, 0.05) is 13.1 Å². The number of aliphatic hydroxyl groups is 1. The number of likely N-dealkylation sites (N-methyl/N-ethyl adjacent to an activating group) is 1. The number of thiophene rings is 1. The largest absolute Gasteiger partial charge is 0.503 e. The van der Waals surface area contributed by atoms with E-state index in [1.165, 1.54) is 11.3 Å². The zero-order chi connectivity index (χ0) is 21.7. The summed E-state index contributed by atoms with van der Waals surface area (Å²) >= 11 is 1.30. The van der Waals surface area contributed by atoms with Crippen LogP contribution in [0.25, 0.3) is 0 Å². The average Bonchev–Trinajstić information content (AvgIpc) is 3.35. The molecule has 0 saturated carbocycles. The van der Waals surface area contributed by atoms with Gasteiger partial charge in [0.15, 0.2) is 5.76 Å². The molecule has 7 heteroatoms. The highest BCUT2D eigenvalue weighted by molar-refractivity contribution is 7.12. The molecule has 1 aromatic heterocycles. The minimum atomic E-state index is -0.628. The van der Waals surface area contributed by atoms with Crippen molar-refractivity contribution in [1.82, 2.24) is 9.80 Å². The van der Waals surface area contributed by atoms with E-state index in [2.05, 4.69) is 6.92 Å². The zero-order valence-corrected chi connectivity index (χ0v) is 18.4. The van der Waals surface area contributed by atoms with Gasteiger partial charge in [-0.2, -0.15) is 0 Å². The first kappa shape index (κ1) is 22.1. The summed E-state index contributed by atoms with van der Waals surface area (Å²) in [7, 11) is 3.84. The molecule has 0 aliphatic carbocycles. The highest BCUT2D eigenvalue weighted by Gasteiger charge is 2.43. The lowest BCUT2D eigenvalue weighted by Crippen LogP contribution is -2.36. The summed E-state index contributed by atoms with van der Waals surface area (Å²) in [6.45, 7) is 3.77. The molecule has 1 atom stereocenters. The standard InChI is InChI=1S/C23H28N2O4S/c1-4-5-14-29-17-10-8-16(9-11-17)20-19(21(26)18-7-6-15-30-18)22(27)23(28)25(20)13-12-24(2)3/h6-11,15,20,27H,4-5,12-14H2,1-3H3. The lowest BCUT2D eigenvalue weighted by atomic mass is 9.95. The van der Waals surface area contributed by atoms with E-state index in [-0.39, 0.29) is 11.4 Å². The fourth-order valence-corrected chi connectivity index (χ4v) is 4.07. The topological polar surface area (TPSA) is 70.1 Å². The van der Waals surface area contributed by atoms with Crippen molar-refractivity contribution in [2.24, 2.45) is 0 Å². The molecule has 1 N–H and O–H groups in total. The van der Waals surface area contributed by atoms with Crippen molar-refractivity contribution < 1.29 is 19.4 Å². The molecule has 3 rings (SSSR count). The van der Waals surface area contributed by atoms with E-state index in [0.29, 0.717) is 24.6 Å². The first-order valence-electron chi connectivity index (χ1n) is 10.1. The normalized spacial score (nSPS) is 16.6. The number of nitrogens with zero attached hydrogens (tertiary/aromatic N) is 2. The van der Waals surface area contributed by atoms with Crippen molar-refractivity contribution in [3.05, 3.63) is 63.6 Å². The maximum atomic E-state index is 13.2. The van der Waals surface area contributed by atoms with Gasteiger partial charge in [0.1, 0.15) is 5.75 Å². The predicted octanol–water partition coefficient (Wildman–Crippen LogP) is 4.07. The zero-order valence-electron chi connectivity index (χ0n) is 17.6. The Hall–Kier alpha value is -2.64. The Morgan fingerprint density at radius 3 is 2.57 bits per heavy atom. The van der Waals surface area contributed by atoms with Crippen LogP contribution in [-0.2, 0) is 4.79 Å². The number of carbonyl (C=O) groups is 2. The lowest BCUT2D eigenvalue weighted by Gasteiger charge is -2.28. The predicted molar refractivity (Wildman–Crippen MR) is 118 cm³/mol. The van der Waals surface area contributed by atoms with Crippen molar-refractivity contribution >= 4 is 23.0 Å². The highest BCUT2D eigenvalue weighted by atomic mass is 32.1. The van der Waals surface area contributed by atoms with Gasteiger partial charge in [0.05, 0.1) is 23.1 Å². The first-order valence-corrected chi connectivity index (χ1v) is 11.0. The number of ketones is 1. The molecule has 0 spiro atoms. The Labute approximate surface area is 181 Å². The molecule has 1 amide bonds. The number of hydrogen-bond acceptors (Lipinski definition) is 6. The fraction of sp³-hybridized carbons (Fsp3) is 0.391. The monoisotopic (exact) mass is 428 g/mol. The third-order valence-electron chi connectivity index (χ3n) is 5.04. The Morgan fingerprint density at radius 2 is 1.97 bits per heavy atom. The van der Waals surface area contributed by atoms with Gasteiger partial charge >= 0.3 is 0 Å². The summed E-state index contributed by atoms with van der Waals surface area (Å²) in [5.74, 6) is -0.530. The van der Waals surface area contributed by atoms with E-state index in [1.54, 1.807) is 17.0 Å². The van der Waals surface area contributed by atoms with Crippen LogP contribution in [0.2, 0.25) is 0 Å². The quantitative estimate of drug-likeness (QED) is 0.456. The maximum absolute atomic E-state index is 13.2. The molecule has 0 radical (unpaired) electrons. The second-order valence-electron chi connectivity index (χ2n) is 7.54. The van der Waals surface area contributed by atoms with Gasteiger partial charge in [-0.25, -0.2) is 0 Å². The molecule has 1 aliphatic heterocycles. The summed E-state index contributed by atoms with van der Waals surface area (Å²) < 4.78 is 5.73. The summed E-state index contributed by atoms with van der Waals surface area (Å²) in [5.41, 5.74) is 0.912. The maximum Gasteiger partial charge on any atom is 0.290 e. The molecule has 6 nitrogen and oxygen atoms in total. The van der Waals surface area contributed by atoms with Gasteiger partial charge in [0.25, 0.3) is 5.91 Å². The molecule has 160 valence electrons. The van der Waals surface area contributed by atoms with Crippen LogP contribution in [0.3, 0.4) is 0 Å². The van der Waals surface area contributed by atoms with Gasteiger partial charge in [-0.15, -0.1) is 11.3 Å². The molecule has 0 fully saturated rings. The van der Waals surface area contributed by atoms with Crippen molar-refractivity contribution in [1.29, 1.82) is 0 Å². The number of amides is 1. The van der Waals surface area contributed by atoms with E-state index in [4.69, 9.17) is 4.74 Å². The van der Waals surface area contributed by atoms with Gasteiger partial charge in [-0.1, -0.05) is 31.5 Å². The molecule has 1 unspecified atom stereocenters. The summed E-state index contributed by atoms with van der Waals surface area (Å²) in [6, 6.07) is 10.3. The number of aliphatic hydroxyl groups excluding tert-OH is 1. The number of hydrogen-bond donors (Lipinski definition) is 1. The van der Waals surface area contributed by atoms with Crippen LogP contribution in [0.15, 0.2) is 53.1 Å². The molecule has 0 saturated heterocycles. The molecule has 2 aromatic rings. The number of benzene rings is 1. The Bertz CT molecular complexity index is 904. The SMILES string of the molecule is CCCCOc1ccc(C2C(C(=O)c3cccs3)=C(O)C(=O)N2CCN(C)C)cc1. The number of rotatable bonds is 10. The number of unbranched alkanes of at least 4 members (excludes halogenated alkanes) is 1. The smallest absolute Gasteiger partial charge is 0.290 e. The molecule has 30 heavy (non-hydrogen) atoms. The van der Waals surface area contributed by atoms with Gasteiger partial charge < -0.3 is 19.6 Å². The van der Waals surface area contributed by atoms with E-state index in [9.17, 15) is 14.7 Å². The molecule has 2 heterocycles. The van der Waals surface area contributed by atoms with Crippen LogP contribution >= 0.6 is 11.3 Å². The molecular weight excluding hydrogens is 400 g/mol. The third kappa shape index (κ3) is 4.74. The first-order chi connectivity index (χ1) is 14.4. The number of ether oxygens (including phenoxy) is 1. The van der Waals surface area contributed by atoms with Crippen molar-refractivity contribution in [2.75, 3.05) is 33.8 Å². The minimum Gasteiger partial charge on any atom is -0.503 e. The van der Waals surface area contributed by atoms with Gasteiger partial charge in [-0.3, -0.25) is 9.59 Å². The number of carbonyl (C=O) groups excluding carboxylic acids is 2. The van der Waals surface area contributed by atoms with E-state index >= 15 is 0 Å². The van der Waals surface area contributed by atoms with Gasteiger partial charge in [-0.05, 0) is 49.7 Å². The fourth-order valence-electron chi connectivity index (χ4n) is 3.39. The Kier molecular flexibility index (Phi) is 7.29. The van der Waals surface area contributed by atoms with E-state index < -0.39 is 17.7 Å². The summed E-state index contributed by atoms with van der Waals surface area (Å²) in [5, 5.41) is 12.4. The Morgan fingerprint density at radius 1 is 1.23 bits per heavy atom. The van der Waals surface area contributed by atoms with Crippen LogP contribution in [-0.4, -0.2) is 60.4 Å². The second-order valence-corrected chi connectivity index (χ2v) is 8.49. The van der Waals surface area contributed by atoms with Crippen LogP contribution in [0, 0.1) is 0 Å². The lowest BCUT2D eigenvalue weighted by molar-refractivity contribution is -0.129. The van der Waals surface area contributed by atoms with Crippen LogP contribution in [0.4, 0.5) is 0 Å². The van der Waals surface area contributed by atoms with Gasteiger partial charge in [0.2, 0.25) is 5.78 Å². The highest BCUT2D eigenvalue weighted by Crippen LogP contribution is 2.39. The van der Waals surface area contributed by atoms with Crippen LogP contribution in [0.1, 0.15) is 41.0 Å². The number of Topliss-reactive ketones (excluding diaryl/α,β-unsaturated/α-hetero) is 1. The molecule has 0 bridgehead atoms. The van der Waals surface area contributed by atoms with E-state index in [0.717, 1.165) is 24.2 Å². The van der Waals surface area contributed by atoms with Crippen molar-refractivity contribution in [3.63, 3.8) is 0 Å². The summed E-state index contributed by atoms with van der Waals surface area (Å²) in [4.78, 5) is 30.0.